The van der Waals surface area contributed by atoms with Gasteiger partial charge < -0.3 is 19.9 Å². The third kappa shape index (κ3) is 3.99. The predicted octanol–water partition coefficient (Wildman–Crippen LogP) is 2.20. The Hall–Kier alpha value is -2.37. The van der Waals surface area contributed by atoms with E-state index in [1.165, 1.54) is 22.4 Å². The molecule has 0 aromatic heterocycles. The van der Waals surface area contributed by atoms with E-state index in [0.29, 0.717) is 6.54 Å². The van der Waals surface area contributed by atoms with E-state index in [0.717, 1.165) is 39.3 Å². The minimum atomic E-state index is -0.152. The van der Waals surface area contributed by atoms with E-state index < -0.39 is 0 Å². The fourth-order valence-electron chi connectivity index (χ4n) is 3.99. The molecule has 1 N–H and O–H groups in total. The molecule has 1 saturated heterocycles. The summed E-state index contributed by atoms with van der Waals surface area (Å²) in [6, 6.07) is 16.6. The molecule has 1 fully saturated rings. The number of rotatable bonds is 4. The average Bonchev–Trinajstić information content (AvgIpc) is 2.74. The maximum absolute atomic E-state index is 13.0. The standard InChI is InChI=1S/C22H27N3O2/c1-24(22(26)20-14-17-6-2-3-7-18(17)15-23-20)16-19-8-4-5-9-21(19)25-10-12-27-13-11-25/h2-9,20,23H,10-16H2,1H3/t20-/m0/s1. The van der Waals surface area contributed by atoms with E-state index in [1.54, 1.807) is 0 Å². The summed E-state index contributed by atoms with van der Waals surface area (Å²) in [5.41, 5.74) is 4.97. The number of anilines is 1. The zero-order valence-electron chi connectivity index (χ0n) is 15.9. The largest absolute Gasteiger partial charge is 0.378 e. The van der Waals surface area contributed by atoms with E-state index in [-0.39, 0.29) is 11.9 Å². The van der Waals surface area contributed by atoms with E-state index >= 15 is 0 Å². The highest BCUT2D eigenvalue weighted by molar-refractivity contribution is 5.82. The van der Waals surface area contributed by atoms with Crippen molar-refractivity contribution in [2.75, 3.05) is 38.3 Å². The lowest BCUT2D eigenvalue weighted by molar-refractivity contribution is -0.132. The van der Waals surface area contributed by atoms with E-state index in [2.05, 4.69) is 46.6 Å². The molecule has 0 bridgehead atoms. The zero-order valence-corrected chi connectivity index (χ0v) is 15.9. The minimum Gasteiger partial charge on any atom is -0.378 e. The number of carbonyl (C=O) groups excluding carboxylic acids is 1. The first-order valence-electron chi connectivity index (χ1n) is 9.68. The Kier molecular flexibility index (Phi) is 5.41. The highest BCUT2D eigenvalue weighted by Crippen LogP contribution is 2.23. The fourth-order valence-corrected chi connectivity index (χ4v) is 3.99. The number of ether oxygens (including phenoxy) is 1. The van der Waals surface area contributed by atoms with Gasteiger partial charge in [0.05, 0.1) is 19.3 Å². The van der Waals surface area contributed by atoms with Crippen LogP contribution in [0.1, 0.15) is 16.7 Å². The Morgan fingerprint density at radius 3 is 2.63 bits per heavy atom. The third-order valence-corrected chi connectivity index (χ3v) is 5.51. The van der Waals surface area contributed by atoms with Crippen molar-refractivity contribution >= 4 is 11.6 Å². The van der Waals surface area contributed by atoms with Gasteiger partial charge in [-0.15, -0.1) is 0 Å². The number of para-hydroxylation sites is 1. The Morgan fingerprint density at radius 1 is 1.11 bits per heavy atom. The summed E-state index contributed by atoms with van der Waals surface area (Å²) in [6.07, 6.45) is 0.754. The second-order valence-electron chi connectivity index (χ2n) is 7.33. The van der Waals surface area contributed by atoms with Gasteiger partial charge >= 0.3 is 0 Å². The molecule has 4 rings (SSSR count). The lowest BCUT2D eigenvalue weighted by atomic mass is 9.95. The third-order valence-electron chi connectivity index (χ3n) is 5.51. The van der Waals surface area contributed by atoms with Crippen LogP contribution in [0.5, 0.6) is 0 Å². The van der Waals surface area contributed by atoms with Crippen molar-refractivity contribution in [1.82, 2.24) is 10.2 Å². The van der Waals surface area contributed by atoms with Gasteiger partial charge in [0.25, 0.3) is 0 Å². The number of hydrogen-bond acceptors (Lipinski definition) is 4. The summed E-state index contributed by atoms with van der Waals surface area (Å²) < 4.78 is 5.47. The number of benzene rings is 2. The summed E-state index contributed by atoms with van der Waals surface area (Å²) in [7, 11) is 1.90. The molecular weight excluding hydrogens is 338 g/mol. The van der Waals surface area contributed by atoms with Crippen LogP contribution in [-0.2, 0) is 29.0 Å². The highest BCUT2D eigenvalue weighted by atomic mass is 16.5. The van der Waals surface area contributed by atoms with Crippen LogP contribution in [0.15, 0.2) is 48.5 Å². The van der Waals surface area contributed by atoms with Crippen LogP contribution in [0.4, 0.5) is 5.69 Å². The Labute approximate surface area is 160 Å². The number of carbonyl (C=O) groups is 1. The van der Waals surface area contributed by atoms with Crippen molar-refractivity contribution in [2.45, 2.75) is 25.6 Å². The van der Waals surface area contributed by atoms with Crippen LogP contribution in [0.3, 0.4) is 0 Å². The lowest BCUT2D eigenvalue weighted by Crippen LogP contribution is -2.48. The molecule has 1 atom stereocenters. The van der Waals surface area contributed by atoms with Gasteiger partial charge in [0, 0.05) is 38.9 Å². The van der Waals surface area contributed by atoms with Gasteiger partial charge in [-0.1, -0.05) is 42.5 Å². The van der Waals surface area contributed by atoms with Crippen LogP contribution in [0, 0.1) is 0 Å². The maximum atomic E-state index is 13.0. The molecule has 5 heteroatoms. The molecule has 27 heavy (non-hydrogen) atoms. The topological polar surface area (TPSA) is 44.8 Å². The van der Waals surface area contributed by atoms with Crippen LogP contribution < -0.4 is 10.2 Å². The maximum Gasteiger partial charge on any atom is 0.240 e. The summed E-state index contributed by atoms with van der Waals surface area (Å²) in [5, 5.41) is 3.40. The number of nitrogens with one attached hydrogen (secondary N) is 1. The molecule has 0 radical (unpaired) electrons. The zero-order chi connectivity index (χ0) is 18.6. The van der Waals surface area contributed by atoms with E-state index in [9.17, 15) is 4.79 Å². The van der Waals surface area contributed by atoms with Gasteiger partial charge in [0.1, 0.15) is 0 Å². The van der Waals surface area contributed by atoms with Crippen molar-refractivity contribution in [3.05, 3.63) is 65.2 Å². The molecule has 0 spiro atoms. The SMILES string of the molecule is CN(Cc1ccccc1N1CCOCC1)C(=O)[C@@H]1Cc2ccccc2CN1. The summed E-state index contributed by atoms with van der Waals surface area (Å²) in [5.74, 6) is 0.154. The predicted molar refractivity (Wildman–Crippen MR) is 107 cm³/mol. The molecule has 5 nitrogen and oxygen atoms in total. The normalized spacial score (nSPS) is 19.4. The molecule has 0 aliphatic carbocycles. The van der Waals surface area contributed by atoms with Gasteiger partial charge in [-0.2, -0.15) is 0 Å². The van der Waals surface area contributed by atoms with Gasteiger partial charge in [0.2, 0.25) is 5.91 Å². The number of amides is 1. The second kappa shape index (κ2) is 8.11. The first-order valence-corrected chi connectivity index (χ1v) is 9.68. The smallest absolute Gasteiger partial charge is 0.240 e. The van der Waals surface area contributed by atoms with Crippen LogP contribution >= 0.6 is 0 Å². The molecule has 2 aromatic carbocycles. The van der Waals surface area contributed by atoms with Gasteiger partial charge in [0.15, 0.2) is 0 Å². The average molecular weight is 365 g/mol. The van der Waals surface area contributed by atoms with Crippen molar-refractivity contribution in [3.63, 3.8) is 0 Å². The Morgan fingerprint density at radius 2 is 1.81 bits per heavy atom. The van der Waals surface area contributed by atoms with Crippen molar-refractivity contribution in [1.29, 1.82) is 0 Å². The summed E-state index contributed by atoms with van der Waals surface area (Å²) in [4.78, 5) is 17.2. The molecule has 2 aliphatic rings. The van der Waals surface area contributed by atoms with Crippen molar-refractivity contribution < 1.29 is 9.53 Å². The molecule has 2 aliphatic heterocycles. The van der Waals surface area contributed by atoms with Crippen LogP contribution in [-0.4, -0.2) is 50.2 Å². The molecule has 2 heterocycles. The van der Waals surface area contributed by atoms with Gasteiger partial charge in [-0.3, -0.25) is 4.79 Å². The highest BCUT2D eigenvalue weighted by Gasteiger charge is 2.27. The molecular formula is C22H27N3O2. The Balaban J connectivity index is 1.45. The lowest BCUT2D eigenvalue weighted by Gasteiger charge is -2.32. The number of fused-ring (bicyclic) bond motifs is 1. The summed E-state index contributed by atoms with van der Waals surface area (Å²) >= 11 is 0. The Bertz CT molecular complexity index is 802. The number of nitrogens with zero attached hydrogens (tertiary/aromatic N) is 2. The minimum absolute atomic E-state index is 0.152. The van der Waals surface area contributed by atoms with E-state index in [1.807, 2.05) is 24.1 Å². The van der Waals surface area contributed by atoms with Gasteiger partial charge in [-0.05, 0) is 29.2 Å². The summed E-state index contributed by atoms with van der Waals surface area (Å²) in [6.45, 7) is 4.69. The second-order valence-corrected chi connectivity index (χ2v) is 7.33. The first-order chi connectivity index (χ1) is 13.2. The monoisotopic (exact) mass is 365 g/mol. The molecule has 0 unspecified atom stereocenters. The van der Waals surface area contributed by atoms with Crippen LogP contribution in [0.25, 0.3) is 0 Å². The molecule has 2 aromatic rings. The number of morpholine rings is 1. The molecule has 1 amide bonds. The van der Waals surface area contributed by atoms with Crippen molar-refractivity contribution in [3.8, 4) is 0 Å². The van der Waals surface area contributed by atoms with E-state index in [4.69, 9.17) is 4.74 Å². The molecule has 142 valence electrons. The number of likely N-dealkylation sites (N-methyl/N-ethyl adjacent to an activating group) is 1. The number of hydrogen-bond donors (Lipinski definition) is 1. The molecule has 0 saturated carbocycles. The fraction of sp³-hybridized carbons (Fsp3) is 0.409. The van der Waals surface area contributed by atoms with Gasteiger partial charge in [-0.25, -0.2) is 0 Å². The quantitative estimate of drug-likeness (QED) is 0.902. The van der Waals surface area contributed by atoms with Crippen molar-refractivity contribution in [2.24, 2.45) is 0 Å². The van der Waals surface area contributed by atoms with Crippen LogP contribution in [0.2, 0.25) is 0 Å². The first kappa shape index (κ1) is 18.0.